The number of aromatic nitrogens is 1. The molecule has 0 saturated carbocycles. The molecule has 1 aromatic heterocycles. The summed E-state index contributed by atoms with van der Waals surface area (Å²) in [7, 11) is 0. The van der Waals surface area contributed by atoms with Gasteiger partial charge in [0, 0.05) is 59.6 Å². The summed E-state index contributed by atoms with van der Waals surface area (Å²) in [5.74, 6) is 0.201. The van der Waals surface area contributed by atoms with Gasteiger partial charge in [0.25, 0.3) is 5.91 Å². The van der Waals surface area contributed by atoms with E-state index in [-0.39, 0.29) is 17.7 Å². The molecule has 4 rings (SSSR count). The van der Waals surface area contributed by atoms with Crippen molar-refractivity contribution in [2.24, 2.45) is 5.92 Å². The number of nitrogens with zero attached hydrogens (tertiary/aromatic N) is 4. The van der Waals surface area contributed by atoms with E-state index >= 15 is 0 Å². The van der Waals surface area contributed by atoms with Gasteiger partial charge in [0.1, 0.15) is 0 Å². The number of carbonyl (C=O) groups is 2. The second-order valence-corrected chi connectivity index (χ2v) is 10.1. The van der Waals surface area contributed by atoms with Crippen molar-refractivity contribution in [3.63, 3.8) is 0 Å². The predicted octanol–water partition coefficient (Wildman–Crippen LogP) is 3.95. The quantitative estimate of drug-likeness (QED) is 0.664. The minimum absolute atomic E-state index is 0.0717. The Morgan fingerprint density at radius 2 is 1.61 bits per heavy atom. The lowest BCUT2D eigenvalue weighted by atomic mass is 9.95. The van der Waals surface area contributed by atoms with E-state index < -0.39 is 0 Å². The van der Waals surface area contributed by atoms with E-state index in [0.29, 0.717) is 41.8 Å². The molecule has 31 heavy (non-hydrogen) atoms. The van der Waals surface area contributed by atoms with E-state index in [0.717, 1.165) is 43.2 Å². The van der Waals surface area contributed by atoms with E-state index in [4.69, 9.17) is 23.2 Å². The zero-order valence-corrected chi connectivity index (χ0v) is 19.8. The van der Waals surface area contributed by atoms with Gasteiger partial charge in [-0.3, -0.25) is 14.5 Å². The molecule has 2 fully saturated rings. The zero-order chi connectivity index (χ0) is 22.0. The molecule has 0 N–H and O–H groups in total. The molecule has 2 aromatic rings. The molecule has 2 aliphatic heterocycles. The monoisotopic (exact) mass is 480 g/mol. The first-order chi connectivity index (χ1) is 14.9. The summed E-state index contributed by atoms with van der Waals surface area (Å²) in [5, 5.41) is 4.10. The van der Waals surface area contributed by atoms with Crippen molar-refractivity contribution in [1.29, 1.82) is 0 Å². The van der Waals surface area contributed by atoms with E-state index in [9.17, 15) is 9.59 Å². The Kier molecular flexibility index (Phi) is 7.16. The Morgan fingerprint density at radius 1 is 1.00 bits per heavy atom. The van der Waals surface area contributed by atoms with E-state index in [2.05, 4.69) is 15.3 Å². The minimum Gasteiger partial charge on any atom is -0.339 e. The summed E-state index contributed by atoms with van der Waals surface area (Å²) in [4.78, 5) is 36.4. The normalized spacial score (nSPS) is 18.4. The topological polar surface area (TPSA) is 56.8 Å². The van der Waals surface area contributed by atoms with Gasteiger partial charge in [-0.15, -0.1) is 11.3 Å². The first-order valence-corrected chi connectivity index (χ1v) is 12.2. The highest BCUT2D eigenvalue weighted by atomic mass is 35.5. The number of piperidine rings is 1. The molecule has 166 valence electrons. The maximum Gasteiger partial charge on any atom is 0.254 e. The Balaban J connectivity index is 1.25. The van der Waals surface area contributed by atoms with Crippen LogP contribution in [-0.4, -0.2) is 70.8 Å². The van der Waals surface area contributed by atoms with Crippen molar-refractivity contribution in [1.82, 2.24) is 19.7 Å². The molecule has 0 bridgehead atoms. The van der Waals surface area contributed by atoms with Crippen LogP contribution in [0.3, 0.4) is 0 Å². The highest BCUT2D eigenvalue weighted by Crippen LogP contribution is 2.24. The Labute approximate surface area is 196 Å². The van der Waals surface area contributed by atoms with Crippen LogP contribution in [0.2, 0.25) is 10.0 Å². The van der Waals surface area contributed by atoms with Crippen LogP contribution in [0.1, 0.15) is 33.9 Å². The van der Waals surface area contributed by atoms with Gasteiger partial charge in [-0.25, -0.2) is 4.98 Å². The van der Waals surface area contributed by atoms with E-state index in [1.54, 1.807) is 34.4 Å². The molecule has 2 saturated heterocycles. The predicted molar refractivity (Wildman–Crippen MR) is 124 cm³/mol. The summed E-state index contributed by atoms with van der Waals surface area (Å²) in [6.07, 6.45) is 1.75. The maximum absolute atomic E-state index is 13.0. The molecular weight excluding hydrogens is 455 g/mol. The number of rotatable bonds is 4. The van der Waals surface area contributed by atoms with Crippen LogP contribution in [-0.2, 0) is 11.3 Å². The fourth-order valence-electron chi connectivity index (χ4n) is 4.30. The molecule has 2 amide bonds. The van der Waals surface area contributed by atoms with Crippen molar-refractivity contribution in [2.75, 3.05) is 39.3 Å². The third-order valence-corrected chi connectivity index (χ3v) is 7.24. The number of hydrogen-bond donors (Lipinski definition) is 0. The summed E-state index contributed by atoms with van der Waals surface area (Å²) >= 11 is 13.7. The average Bonchev–Trinajstić information content (AvgIpc) is 3.17. The number of thiazole rings is 1. The Morgan fingerprint density at radius 3 is 2.19 bits per heavy atom. The molecule has 3 heterocycles. The lowest BCUT2D eigenvalue weighted by molar-refractivity contribution is -0.138. The molecule has 2 aliphatic rings. The second-order valence-electron chi connectivity index (χ2n) is 8.18. The van der Waals surface area contributed by atoms with E-state index in [1.165, 1.54) is 0 Å². The fourth-order valence-corrected chi connectivity index (χ4v) is 5.43. The first kappa shape index (κ1) is 22.5. The Bertz CT molecular complexity index is 930. The van der Waals surface area contributed by atoms with Gasteiger partial charge < -0.3 is 9.80 Å². The van der Waals surface area contributed by atoms with Gasteiger partial charge in [0.15, 0.2) is 0 Å². The van der Waals surface area contributed by atoms with E-state index in [1.807, 2.05) is 11.8 Å². The molecule has 9 heteroatoms. The molecule has 0 unspecified atom stereocenters. The first-order valence-electron chi connectivity index (χ1n) is 10.6. The van der Waals surface area contributed by atoms with Gasteiger partial charge in [0.2, 0.25) is 5.91 Å². The number of likely N-dealkylation sites (tertiary alicyclic amines) is 1. The highest BCUT2D eigenvalue weighted by molar-refractivity contribution is 7.09. The zero-order valence-electron chi connectivity index (χ0n) is 17.5. The summed E-state index contributed by atoms with van der Waals surface area (Å²) in [5.41, 5.74) is 1.61. The second kappa shape index (κ2) is 9.86. The van der Waals surface area contributed by atoms with Crippen LogP contribution >= 0.6 is 34.5 Å². The summed E-state index contributed by atoms with van der Waals surface area (Å²) in [6, 6.07) is 4.88. The van der Waals surface area contributed by atoms with Gasteiger partial charge in [0.05, 0.1) is 10.7 Å². The number of amides is 2. The molecule has 0 aliphatic carbocycles. The average molecular weight is 481 g/mol. The smallest absolute Gasteiger partial charge is 0.254 e. The molecule has 0 radical (unpaired) electrons. The standard InChI is InChI=1S/C22H26Cl2N4O2S/c1-15-25-20(14-31-15)13-26-4-2-16(3-5-26)21(29)27-6-8-28(9-7-27)22(30)17-10-18(23)12-19(24)11-17/h10-12,14,16H,2-9,13H2,1H3. The Hall–Kier alpha value is -1.67. The van der Waals surface area contributed by atoms with Crippen LogP contribution in [0.15, 0.2) is 23.6 Å². The van der Waals surface area contributed by atoms with Crippen molar-refractivity contribution in [3.05, 3.63) is 49.9 Å². The largest absolute Gasteiger partial charge is 0.339 e. The molecule has 6 nitrogen and oxygen atoms in total. The number of halogens is 2. The third kappa shape index (κ3) is 5.58. The van der Waals surface area contributed by atoms with Crippen LogP contribution in [0, 0.1) is 12.8 Å². The van der Waals surface area contributed by atoms with Crippen LogP contribution < -0.4 is 0 Å². The number of hydrogen-bond acceptors (Lipinski definition) is 5. The third-order valence-electron chi connectivity index (χ3n) is 5.98. The van der Waals surface area contributed by atoms with Crippen LogP contribution in [0.5, 0.6) is 0 Å². The molecular formula is C22H26Cl2N4O2S. The van der Waals surface area contributed by atoms with Crippen molar-refractivity contribution in [3.8, 4) is 0 Å². The van der Waals surface area contributed by atoms with Crippen LogP contribution in [0.4, 0.5) is 0 Å². The molecule has 0 atom stereocenters. The lowest BCUT2D eigenvalue weighted by Crippen LogP contribution is -2.53. The SMILES string of the molecule is Cc1nc(CN2CCC(C(=O)N3CCN(C(=O)c4cc(Cl)cc(Cl)c4)CC3)CC2)cs1. The summed E-state index contributed by atoms with van der Waals surface area (Å²) in [6.45, 7) is 6.90. The fraction of sp³-hybridized carbons (Fsp3) is 0.500. The highest BCUT2D eigenvalue weighted by Gasteiger charge is 2.31. The van der Waals surface area contributed by atoms with Crippen molar-refractivity contribution in [2.45, 2.75) is 26.3 Å². The molecule has 1 aromatic carbocycles. The van der Waals surface area contributed by atoms with Gasteiger partial charge in [-0.1, -0.05) is 23.2 Å². The van der Waals surface area contributed by atoms with Crippen molar-refractivity contribution < 1.29 is 9.59 Å². The lowest BCUT2D eigenvalue weighted by Gasteiger charge is -2.38. The van der Waals surface area contributed by atoms with Crippen molar-refractivity contribution >= 4 is 46.4 Å². The molecule has 0 spiro atoms. The maximum atomic E-state index is 13.0. The minimum atomic E-state index is -0.0953. The van der Waals surface area contributed by atoms with Gasteiger partial charge in [-0.2, -0.15) is 0 Å². The van der Waals surface area contributed by atoms with Crippen LogP contribution in [0.25, 0.3) is 0 Å². The number of benzene rings is 1. The number of piperazine rings is 1. The van der Waals surface area contributed by atoms with Gasteiger partial charge in [-0.05, 0) is 51.1 Å². The number of aryl methyl sites for hydroxylation is 1. The summed E-state index contributed by atoms with van der Waals surface area (Å²) < 4.78 is 0. The number of carbonyl (C=O) groups excluding carboxylic acids is 2. The van der Waals surface area contributed by atoms with Gasteiger partial charge >= 0.3 is 0 Å².